The van der Waals surface area contributed by atoms with Crippen molar-refractivity contribution in [3.05, 3.63) is 83.2 Å². The summed E-state index contributed by atoms with van der Waals surface area (Å²) in [6.07, 6.45) is -1.19. The number of carbonyl (C=O) groups excluding carboxylic acids is 2. The van der Waals surface area contributed by atoms with Gasteiger partial charge in [-0.25, -0.2) is 14.8 Å². The number of nitrogens with one attached hydrogen (secondary N) is 2. The van der Waals surface area contributed by atoms with E-state index >= 15 is 0 Å². The molecule has 10 nitrogen and oxygen atoms in total. The van der Waals surface area contributed by atoms with Crippen molar-refractivity contribution < 1.29 is 32.7 Å². The lowest BCUT2D eigenvalue weighted by Crippen LogP contribution is -2.49. The number of hydrogen-bond acceptors (Lipinski definition) is 6. The maximum Gasteiger partial charge on any atom is 0.416 e. The Kier molecular flexibility index (Phi) is 9.12. The van der Waals surface area contributed by atoms with Gasteiger partial charge in [-0.2, -0.15) is 13.2 Å². The molecule has 1 aliphatic carbocycles. The Balaban J connectivity index is 1.16. The third-order valence-corrected chi connectivity index (χ3v) is 7.64. The van der Waals surface area contributed by atoms with E-state index in [1.54, 1.807) is 35.4 Å². The fraction of sp³-hybridized carbons (Fsp3) is 0.323. The molecule has 1 fully saturated rings. The van der Waals surface area contributed by atoms with E-state index in [0.717, 1.165) is 30.5 Å². The van der Waals surface area contributed by atoms with E-state index in [9.17, 15) is 27.6 Å². The van der Waals surface area contributed by atoms with Crippen LogP contribution in [0.2, 0.25) is 0 Å². The molecule has 2 aliphatic rings. The van der Waals surface area contributed by atoms with E-state index < -0.39 is 17.8 Å². The zero-order chi connectivity index (χ0) is 31.3. The van der Waals surface area contributed by atoms with Gasteiger partial charge in [0.15, 0.2) is 0 Å². The molecule has 13 heteroatoms. The Hall–Kier alpha value is -4.94. The van der Waals surface area contributed by atoms with E-state index in [-0.39, 0.29) is 24.1 Å². The summed E-state index contributed by atoms with van der Waals surface area (Å²) in [7, 11) is 0. The Bertz CT molecular complexity index is 1550. The first-order valence-corrected chi connectivity index (χ1v) is 14.2. The molecule has 1 saturated heterocycles. The molecule has 3 N–H and O–H groups in total. The van der Waals surface area contributed by atoms with E-state index in [1.807, 2.05) is 4.90 Å². The third kappa shape index (κ3) is 7.52. The third-order valence-electron chi connectivity index (χ3n) is 7.64. The molecule has 44 heavy (non-hydrogen) atoms. The number of piperazine rings is 1. The van der Waals surface area contributed by atoms with Crippen molar-refractivity contribution in [2.75, 3.05) is 41.7 Å². The number of carboxylic acid groups (broad SMARTS) is 1. The summed E-state index contributed by atoms with van der Waals surface area (Å²) in [4.78, 5) is 49.3. The molecule has 1 aromatic carbocycles. The minimum Gasteiger partial charge on any atom is -0.465 e. The number of allylic oxidation sites excluding steroid dienone is 1. The first kappa shape index (κ1) is 30.5. The first-order valence-electron chi connectivity index (χ1n) is 14.2. The molecule has 3 amide bonds. The lowest BCUT2D eigenvalue weighted by atomic mass is 9.86. The van der Waals surface area contributed by atoms with Gasteiger partial charge in [-0.3, -0.25) is 14.9 Å². The highest BCUT2D eigenvalue weighted by molar-refractivity contribution is 6.09. The summed E-state index contributed by atoms with van der Waals surface area (Å²) >= 11 is 0. The molecular formula is C31H31F3N6O4. The SMILES string of the molecule is O=C(O)Nc1cccc(CC(=O)N2CCN(c3ccc(NC(=O)C4=C(c5ccc(C(F)(F)F)cc5)CCCC4)cn3)CC2)n1. The second-order valence-electron chi connectivity index (χ2n) is 10.6. The number of alkyl halides is 3. The predicted octanol–water partition coefficient (Wildman–Crippen LogP) is 5.44. The Morgan fingerprint density at radius 2 is 1.61 bits per heavy atom. The van der Waals surface area contributed by atoms with Crippen LogP contribution in [0.15, 0.2) is 66.4 Å². The molecule has 0 atom stereocenters. The van der Waals surface area contributed by atoms with Crippen molar-refractivity contribution in [1.82, 2.24) is 14.9 Å². The second-order valence-corrected chi connectivity index (χ2v) is 10.6. The van der Waals surface area contributed by atoms with Gasteiger partial charge >= 0.3 is 12.3 Å². The van der Waals surface area contributed by atoms with Crippen LogP contribution in [0.25, 0.3) is 5.57 Å². The van der Waals surface area contributed by atoms with Gasteiger partial charge in [0.25, 0.3) is 5.91 Å². The van der Waals surface area contributed by atoms with E-state index in [1.165, 1.54) is 18.2 Å². The predicted molar refractivity (Wildman–Crippen MR) is 158 cm³/mol. The summed E-state index contributed by atoms with van der Waals surface area (Å²) in [5.74, 6) is 0.461. The van der Waals surface area contributed by atoms with E-state index in [4.69, 9.17) is 5.11 Å². The molecule has 230 valence electrons. The monoisotopic (exact) mass is 608 g/mol. The van der Waals surface area contributed by atoms with Crippen molar-refractivity contribution in [1.29, 1.82) is 0 Å². The van der Waals surface area contributed by atoms with Crippen molar-refractivity contribution in [2.24, 2.45) is 0 Å². The molecule has 0 saturated carbocycles. The summed E-state index contributed by atoms with van der Waals surface area (Å²) < 4.78 is 39.0. The van der Waals surface area contributed by atoms with Gasteiger partial charge < -0.3 is 20.2 Å². The number of carbonyl (C=O) groups is 3. The summed E-state index contributed by atoms with van der Waals surface area (Å²) in [6, 6.07) is 13.3. The van der Waals surface area contributed by atoms with Gasteiger partial charge in [0, 0.05) is 31.8 Å². The maximum absolute atomic E-state index is 13.2. The van der Waals surface area contributed by atoms with Crippen LogP contribution >= 0.6 is 0 Å². The fourth-order valence-electron chi connectivity index (χ4n) is 5.40. The number of aromatic nitrogens is 2. The number of halogens is 3. The number of anilines is 3. The number of pyridine rings is 2. The van der Waals surface area contributed by atoms with Crippen molar-refractivity contribution in [3.63, 3.8) is 0 Å². The number of hydrogen-bond donors (Lipinski definition) is 3. The zero-order valence-electron chi connectivity index (χ0n) is 23.7. The molecule has 0 bridgehead atoms. The molecule has 3 heterocycles. The lowest BCUT2D eigenvalue weighted by molar-refractivity contribution is -0.137. The van der Waals surface area contributed by atoms with Gasteiger partial charge in [0.05, 0.1) is 29.6 Å². The lowest BCUT2D eigenvalue weighted by Gasteiger charge is -2.35. The molecular weight excluding hydrogens is 577 g/mol. The standard InChI is InChI=1S/C31H31F3N6O4/c32-31(33,34)21-10-8-20(9-11-21)24-5-1-2-6-25(24)29(42)37-23-12-13-27(35-19-23)39-14-16-40(17-15-39)28(41)18-22-4-3-7-26(36-22)38-30(43)44/h3-4,7-13,19H,1-2,5-6,14-18H2,(H,36,38)(H,37,42)(H,43,44). The highest BCUT2D eigenvalue weighted by Crippen LogP contribution is 2.35. The first-order chi connectivity index (χ1) is 21.1. The molecule has 0 unspecified atom stereocenters. The molecule has 0 spiro atoms. The van der Waals surface area contributed by atoms with Crippen molar-refractivity contribution >= 4 is 40.8 Å². The minimum absolute atomic E-state index is 0.0544. The molecule has 3 aromatic rings. The van der Waals surface area contributed by atoms with Crippen LogP contribution in [0.3, 0.4) is 0 Å². The van der Waals surface area contributed by atoms with Crippen LogP contribution in [0.4, 0.5) is 35.3 Å². The van der Waals surface area contributed by atoms with Crippen LogP contribution < -0.4 is 15.5 Å². The number of nitrogens with zero attached hydrogens (tertiary/aromatic N) is 4. The van der Waals surface area contributed by atoms with Crippen molar-refractivity contribution in [2.45, 2.75) is 38.3 Å². The van der Waals surface area contributed by atoms with Crippen LogP contribution in [0.5, 0.6) is 0 Å². The summed E-state index contributed by atoms with van der Waals surface area (Å²) in [5, 5.41) is 13.9. The average molecular weight is 609 g/mol. The van der Waals surface area contributed by atoms with Gasteiger partial charge in [-0.1, -0.05) is 18.2 Å². The molecule has 2 aromatic heterocycles. The van der Waals surface area contributed by atoms with Gasteiger partial charge in [0.1, 0.15) is 11.6 Å². The fourth-order valence-corrected chi connectivity index (χ4v) is 5.40. The average Bonchev–Trinajstić information content (AvgIpc) is 3.01. The van der Waals surface area contributed by atoms with Gasteiger partial charge in [-0.15, -0.1) is 0 Å². The zero-order valence-corrected chi connectivity index (χ0v) is 23.7. The smallest absolute Gasteiger partial charge is 0.416 e. The van der Waals surface area contributed by atoms with E-state index in [2.05, 4.69) is 20.6 Å². The summed E-state index contributed by atoms with van der Waals surface area (Å²) in [6.45, 7) is 2.07. The maximum atomic E-state index is 13.2. The van der Waals surface area contributed by atoms with Crippen molar-refractivity contribution in [3.8, 4) is 0 Å². The van der Waals surface area contributed by atoms with E-state index in [0.29, 0.717) is 67.4 Å². The topological polar surface area (TPSA) is 128 Å². The minimum atomic E-state index is -4.42. The quantitative estimate of drug-likeness (QED) is 0.326. The van der Waals surface area contributed by atoms with Crippen LogP contribution in [0, 0.1) is 0 Å². The molecule has 1 aliphatic heterocycles. The van der Waals surface area contributed by atoms with Crippen LogP contribution in [-0.2, 0) is 22.2 Å². The largest absolute Gasteiger partial charge is 0.465 e. The number of amides is 3. The van der Waals surface area contributed by atoms with Crippen LogP contribution in [-0.4, -0.2) is 64.1 Å². The second kappa shape index (κ2) is 13.1. The van der Waals surface area contributed by atoms with Crippen LogP contribution in [0.1, 0.15) is 42.5 Å². The van der Waals surface area contributed by atoms with Gasteiger partial charge in [-0.05, 0) is 73.2 Å². The number of benzene rings is 1. The Labute approximate surface area is 251 Å². The highest BCUT2D eigenvalue weighted by atomic mass is 19.4. The number of rotatable bonds is 7. The Morgan fingerprint density at radius 3 is 2.27 bits per heavy atom. The van der Waals surface area contributed by atoms with Gasteiger partial charge in [0.2, 0.25) is 5.91 Å². The highest BCUT2D eigenvalue weighted by Gasteiger charge is 2.30. The Morgan fingerprint density at radius 1 is 0.886 bits per heavy atom. The molecule has 0 radical (unpaired) electrons. The normalized spacial score (nSPS) is 15.6. The molecule has 5 rings (SSSR count). The summed E-state index contributed by atoms with van der Waals surface area (Å²) in [5.41, 5.74) is 2.20.